The fraction of sp³-hybridized carbons (Fsp3) is 0.391. The Morgan fingerprint density at radius 3 is 2.45 bits per heavy atom. The molecule has 0 spiro atoms. The molecular weight excluding hydrogens is 362 g/mol. The molecule has 3 aromatic heterocycles. The second-order valence-electron chi connectivity index (χ2n) is 8.83. The van der Waals surface area contributed by atoms with Crippen LogP contribution in [0.3, 0.4) is 0 Å². The highest BCUT2D eigenvalue weighted by molar-refractivity contribution is 5.91. The van der Waals surface area contributed by atoms with Gasteiger partial charge in [-0.05, 0) is 58.0 Å². The third-order valence-electron chi connectivity index (χ3n) is 5.74. The first-order valence-electron chi connectivity index (χ1n) is 10.3. The van der Waals surface area contributed by atoms with Crippen LogP contribution in [0.25, 0.3) is 27.7 Å². The van der Waals surface area contributed by atoms with E-state index in [1.54, 1.807) is 13.8 Å². The van der Waals surface area contributed by atoms with Gasteiger partial charge in [-0.1, -0.05) is 12.1 Å². The van der Waals surface area contributed by atoms with E-state index in [2.05, 4.69) is 46.7 Å². The smallest absolute Gasteiger partial charge is 0.148 e. The maximum absolute atomic E-state index is 10.8. The zero-order valence-corrected chi connectivity index (χ0v) is 17.3. The highest BCUT2D eigenvalue weighted by atomic mass is 16.3. The van der Waals surface area contributed by atoms with Gasteiger partial charge in [-0.15, -0.1) is 0 Å². The SMILES string of the molecule is C[C@@H]1CN(c2ccc3cc(C(C)(C)O)c4nc5ccccc5n4c3n2)C[C@H](C)N1. The average molecular weight is 390 g/mol. The zero-order chi connectivity index (χ0) is 20.3. The van der Waals surface area contributed by atoms with Crippen molar-refractivity contribution in [1.29, 1.82) is 0 Å². The van der Waals surface area contributed by atoms with Crippen LogP contribution in [0, 0.1) is 0 Å². The van der Waals surface area contributed by atoms with Crippen molar-refractivity contribution in [2.45, 2.75) is 45.4 Å². The van der Waals surface area contributed by atoms with Gasteiger partial charge in [-0.25, -0.2) is 9.97 Å². The molecule has 5 rings (SSSR count). The molecule has 1 saturated heterocycles. The molecule has 4 heterocycles. The minimum absolute atomic E-state index is 0.419. The summed E-state index contributed by atoms with van der Waals surface area (Å²) in [6, 6.07) is 15.1. The standard InChI is InChI=1S/C23H27N5O/c1-14-12-27(13-15(2)24-14)20-10-9-16-11-17(23(3,4)29)22-25-18-7-5-6-8-19(18)28(22)21(16)26-20/h5-11,14-15,24,29H,12-13H2,1-4H3/t14-,15+. The number of piperazine rings is 1. The van der Waals surface area contributed by atoms with E-state index in [9.17, 15) is 5.11 Å². The number of rotatable bonds is 2. The van der Waals surface area contributed by atoms with Gasteiger partial charge in [0.15, 0.2) is 0 Å². The van der Waals surface area contributed by atoms with Crippen molar-refractivity contribution in [3.63, 3.8) is 0 Å². The van der Waals surface area contributed by atoms with Crippen LogP contribution in [0.15, 0.2) is 42.5 Å². The van der Waals surface area contributed by atoms with Crippen LogP contribution in [0.4, 0.5) is 5.82 Å². The van der Waals surface area contributed by atoms with Crippen molar-refractivity contribution in [3.8, 4) is 0 Å². The number of nitrogens with one attached hydrogen (secondary N) is 1. The number of imidazole rings is 1. The minimum atomic E-state index is -1.00. The molecule has 0 saturated carbocycles. The van der Waals surface area contributed by atoms with E-state index in [1.807, 2.05) is 24.3 Å². The van der Waals surface area contributed by atoms with E-state index in [4.69, 9.17) is 9.97 Å². The van der Waals surface area contributed by atoms with Crippen LogP contribution in [-0.4, -0.2) is 44.6 Å². The Morgan fingerprint density at radius 1 is 1.00 bits per heavy atom. The number of fused-ring (bicyclic) bond motifs is 5. The third kappa shape index (κ3) is 3.03. The lowest BCUT2D eigenvalue weighted by Gasteiger charge is -2.37. The molecular formula is C23H27N5O. The number of nitrogens with zero attached hydrogens (tertiary/aromatic N) is 4. The number of hydrogen-bond acceptors (Lipinski definition) is 5. The lowest BCUT2D eigenvalue weighted by molar-refractivity contribution is 0.0798. The molecule has 6 nitrogen and oxygen atoms in total. The largest absolute Gasteiger partial charge is 0.386 e. The first kappa shape index (κ1) is 18.3. The number of anilines is 1. The molecule has 0 aliphatic carbocycles. The van der Waals surface area contributed by atoms with Gasteiger partial charge in [0.25, 0.3) is 0 Å². The molecule has 1 aliphatic heterocycles. The summed E-state index contributed by atoms with van der Waals surface area (Å²) in [5.74, 6) is 0.979. The number of hydrogen-bond donors (Lipinski definition) is 2. The second-order valence-corrected chi connectivity index (χ2v) is 8.83. The Labute approximate surface area is 170 Å². The van der Waals surface area contributed by atoms with Gasteiger partial charge in [0.1, 0.15) is 17.1 Å². The maximum atomic E-state index is 10.8. The van der Waals surface area contributed by atoms with E-state index in [0.717, 1.165) is 52.2 Å². The molecule has 1 aromatic carbocycles. The Bertz CT molecular complexity index is 1210. The Hall–Kier alpha value is -2.70. The van der Waals surface area contributed by atoms with E-state index < -0.39 is 5.60 Å². The van der Waals surface area contributed by atoms with Gasteiger partial charge in [0, 0.05) is 36.1 Å². The van der Waals surface area contributed by atoms with Crippen molar-refractivity contribution in [2.24, 2.45) is 0 Å². The monoisotopic (exact) mass is 389 g/mol. The Balaban J connectivity index is 1.80. The summed E-state index contributed by atoms with van der Waals surface area (Å²) in [6.07, 6.45) is 0. The van der Waals surface area contributed by atoms with Gasteiger partial charge < -0.3 is 15.3 Å². The maximum Gasteiger partial charge on any atom is 0.148 e. The summed E-state index contributed by atoms with van der Waals surface area (Å²) in [5.41, 5.74) is 3.35. The number of pyridine rings is 2. The Kier molecular flexibility index (Phi) is 4.05. The summed E-state index contributed by atoms with van der Waals surface area (Å²) in [4.78, 5) is 12.3. The van der Waals surface area contributed by atoms with Crippen molar-refractivity contribution in [1.82, 2.24) is 19.7 Å². The fourth-order valence-corrected chi connectivity index (χ4v) is 4.52. The summed E-state index contributed by atoms with van der Waals surface area (Å²) < 4.78 is 2.09. The molecule has 0 unspecified atom stereocenters. The lowest BCUT2D eigenvalue weighted by atomic mass is 9.98. The van der Waals surface area contributed by atoms with Crippen molar-refractivity contribution >= 4 is 33.5 Å². The van der Waals surface area contributed by atoms with E-state index in [1.165, 1.54) is 0 Å². The van der Waals surface area contributed by atoms with Crippen LogP contribution in [0.2, 0.25) is 0 Å². The van der Waals surface area contributed by atoms with Gasteiger partial charge >= 0.3 is 0 Å². The molecule has 6 heteroatoms. The predicted molar refractivity (Wildman–Crippen MR) is 118 cm³/mol. The summed E-state index contributed by atoms with van der Waals surface area (Å²) in [6.45, 7) is 9.89. The molecule has 1 fully saturated rings. The normalized spacial score (nSPS) is 20.8. The van der Waals surface area contributed by atoms with Crippen molar-refractivity contribution in [2.75, 3.05) is 18.0 Å². The summed E-state index contributed by atoms with van der Waals surface area (Å²) >= 11 is 0. The van der Waals surface area contributed by atoms with Crippen molar-refractivity contribution < 1.29 is 5.11 Å². The molecule has 0 radical (unpaired) electrons. The highest BCUT2D eigenvalue weighted by Crippen LogP contribution is 2.32. The molecule has 29 heavy (non-hydrogen) atoms. The van der Waals surface area contributed by atoms with Crippen molar-refractivity contribution in [3.05, 3.63) is 48.0 Å². The molecule has 0 amide bonds. The van der Waals surface area contributed by atoms with Gasteiger partial charge in [0.05, 0.1) is 16.6 Å². The first-order valence-corrected chi connectivity index (χ1v) is 10.3. The number of aliphatic hydroxyl groups is 1. The molecule has 2 atom stereocenters. The van der Waals surface area contributed by atoms with Crippen LogP contribution >= 0.6 is 0 Å². The van der Waals surface area contributed by atoms with Crippen LogP contribution in [0.1, 0.15) is 33.3 Å². The second kappa shape index (κ2) is 6.40. The third-order valence-corrected chi connectivity index (χ3v) is 5.74. The number of para-hydroxylation sites is 2. The van der Waals surface area contributed by atoms with E-state index in [0.29, 0.717) is 12.1 Å². The summed E-state index contributed by atoms with van der Waals surface area (Å²) in [7, 11) is 0. The molecule has 4 aromatic rings. The lowest BCUT2D eigenvalue weighted by Crippen LogP contribution is -2.54. The van der Waals surface area contributed by atoms with Crippen LogP contribution < -0.4 is 10.2 Å². The van der Waals surface area contributed by atoms with E-state index >= 15 is 0 Å². The minimum Gasteiger partial charge on any atom is -0.386 e. The first-order chi connectivity index (χ1) is 13.8. The topological polar surface area (TPSA) is 65.7 Å². The predicted octanol–water partition coefficient (Wildman–Crippen LogP) is 3.45. The molecule has 1 aliphatic rings. The summed E-state index contributed by atoms with van der Waals surface area (Å²) in [5, 5.41) is 15.4. The van der Waals surface area contributed by atoms with Gasteiger partial charge in [0.2, 0.25) is 0 Å². The average Bonchev–Trinajstić information content (AvgIpc) is 3.05. The fourth-order valence-electron chi connectivity index (χ4n) is 4.52. The Morgan fingerprint density at radius 2 is 1.72 bits per heavy atom. The number of aromatic nitrogens is 3. The highest BCUT2D eigenvalue weighted by Gasteiger charge is 2.25. The van der Waals surface area contributed by atoms with E-state index in [-0.39, 0.29) is 0 Å². The zero-order valence-electron chi connectivity index (χ0n) is 17.3. The molecule has 150 valence electrons. The quantitative estimate of drug-likeness (QED) is 0.550. The molecule has 0 bridgehead atoms. The van der Waals surface area contributed by atoms with Gasteiger partial charge in [-0.3, -0.25) is 4.40 Å². The van der Waals surface area contributed by atoms with Crippen LogP contribution in [-0.2, 0) is 5.60 Å². The van der Waals surface area contributed by atoms with Crippen LogP contribution in [0.5, 0.6) is 0 Å². The van der Waals surface area contributed by atoms with Gasteiger partial charge in [-0.2, -0.15) is 0 Å². The molecule has 2 N–H and O–H groups in total. The number of benzene rings is 1.